The molecule has 1 aromatic heterocycles. The number of para-hydroxylation sites is 1. The lowest BCUT2D eigenvalue weighted by Crippen LogP contribution is -2.44. The summed E-state index contributed by atoms with van der Waals surface area (Å²) in [6, 6.07) is 22.0. The first-order valence-electron chi connectivity index (χ1n) is 10.8. The zero-order valence-electron chi connectivity index (χ0n) is 17.8. The molecule has 0 aliphatic carbocycles. The van der Waals surface area contributed by atoms with Gasteiger partial charge in [0.25, 0.3) is 5.91 Å². The van der Waals surface area contributed by atoms with Crippen molar-refractivity contribution in [3.63, 3.8) is 0 Å². The van der Waals surface area contributed by atoms with E-state index in [4.69, 9.17) is 14.5 Å². The molecule has 0 saturated carbocycles. The number of benzene rings is 3. The summed E-state index contributed by atoms with van der Waals surface area (Å²) in [5.74, 6) is 0.597. The van der Waals surface area contributed by atoms with E-state index in [-0.39, 0.29) is 12.5 Å². The van der Waals surface area contributed by atoms with Crippen LogP contribution in [0.4, 0.5) is 5.13 Å². The molecule has 7 heteroatoms. The van der Waals surface area contributed by atoms with Gasteiger partial charge in [0.15, 0.2) is 11.7 Å². The van der Waals surface area contributed by atoms with Crippen molar-refractivity contribution < 1.29 is 14.3 Å². The van der Waals surface area contributed by atoms with Crippen LogP contribution in [0.25, 0.3) is 21.0 Å². The number of nitrogens with zero attached hydrogens (tertiary/aromatic N) is 3. The normalized spacial score (nSPS) is 14.6. The molecule has 0 bridgehead atoms. The van der Waals surface area contributed by atoms with E-state index in [1.165, 1.54) is 11.3 Å². The zero-order chi connectivity index (χ0) is 21.8. The quantitative estimate of drug-likeness (QED) is 0.425. The van der Waals surface area contributed by atoms with Crippen LogP contribution in [0.1, 0.15) is 0 Å². The van der Waals surface area contributed by atoms with Crippen LogP contribution in [0.5, 0.6) is 5.75 Å². The van der Waals surface area contributed by atoms with Crippen LogP contribution in [0.3, 0.4) is 0 Å². The molecule has 4 aromatic rings. The number of morpholine rings is 1. The standard InChI is InChI=1S/C25H25N3O3S/c29-24(18-31-21-10-9-19-5-1-2-6-20(19)17-21)28(12-11-27-13-15-30-16-14-27)25-26-22-7-3-4-8-23(22)32-25/h1-10,17H,11-16,18H2. The summed E-state index contributed by atoms with van der Waals surface area (Å²) >= 11 is 1.54. The Kier molecular flexibility index (Phi) is 6.29. The first-order chi connectivity index (χ1) is 15.8. The number of hydrogen-bond acceptors (Lipinski definition) is 6. The number of anilines is 1. The Morgan fingerprint density at radius 2 is 1.81 bits per heavy atom. The topological polar surface area (TPSA) is 54.9 Å². The fourth-order valence-corrected chi connectivity index (χ4v) is 4.86. The predicted molar refractivity (Wildman–Crippen MR) is 129 cm³/mol. The molecule has 0 spiro atoms. The average Bonchev–Trinajstić information content (AvgIpc) is 3.27. The van der Waals surface area contributed by atoms with Crippen molar-refractivity contribution in [2.24, 2.45) is 0 Å². The van der Waals surface area contributed by atoms with E-state index in [0.717, 1.165) is 53.8 Å². The van der Waals surface area contributed by atoms with E-state index >= 15 is 0 Å². The zero-order valence-corrected chi connectivity index (χ0v) is 18.6. The third-order valence-electron chi connectivity index (χ3n) is 5.64. The van der Waals surface area contributed by atoms with Gasteiger partial charge in [0.1, 0.15) is 5.75 Å². The summed E-state index contributed by atoms with van der Waals surface area (Å²) in [6.07, 6.45) is 0. The van der Waals surface area contributed by atoms with Crippen LogP contribution >= 0.6 is 11.3 Å². The fraction of sp³-hybridized carbons (Fsp3) is 0.280. The minimum atomic E-state index is -0.0922. The van der Waals surface area contributed by atoms with E-state index in [1.807, 2.05) is 60.7 Å². The SMILES string of the molecule is O=C(COc1ccc2ccccc2c1)N(CCN1CCOCC1)c1nc2ccccc2s1. The molecule has 3 aromatic carbocycles. The Morgan fingerprint density at radius 1 is 1.03 bits per heavy atom. The predicted octanol–water partition coefficient (Wildman–Crippen LogP) is 4.19. The van der Waals surface area contributed by atoms with E-state index in [2.05, 4.69) is 11.0 Å². The molecule has 0 N–H and O–H groups in total. The van der Waals surface area contributed by atoms with E-state index in [9.17, 15) is 4.79 Å². The molecular formula is C25H25N3O3S. The van der Waals surface area contributed by atoms with Crippen molar-refractivity contribution >= 4 is 43.4 Å². The summed E-state index contributed by atoms with van der Waals surface area (Å²) in [5, 5.41) is 2.95. The first-order valence-corrected chi connectivity index (χ1v) is 11.7. The Hall–Kier alpha value is -3.00. The van der Waals surface area contributed by atoms with Gasteiger partial charge in [-0.3, -0.25) is 14.6 Å². The molecule has 1 saturated heterocycles. The van der Waals surface area contributed by atoms with Crippen molar-refractivity contribution in [1.29, 1.82) is 0 Å². The van der Waals surface area contributed by atoms with Crippen LogP contribution in [0, 0.1) is 0 Å². The minimum absolute atomic E-state index is 0.0304. The van der Waals surface area contributed by atoms with Crippen LogP contribution in [0.15, 0.2) is 66.7 Å². The van der Waals surface area contributed by atoms with Gasteiger partial charge in [0.05, 0.1) is 23.4 Å². The molecular weight excluding hydrogens is 422 g/mol. The maximum absolute atomic E-state index is 13.3. The first kappa shape index (κ1) is 20.9. The highest BCUT2D eigenvalue weighted by atomic mass is 32.1. The Balaban J connectivity index is 1.32. The van der Waals surface area contributed by atoms with Crippen LogP contribution in [-0.2, 0) is 9.53 Å². The van der Waals surface area contributed by atoms with E-state index in [0.29, 0.717) is 17.4 Å². The molecule has 1 aliphatic heterocycles. The van der Waals surface area contributed by atoms with Gasteiger partial charge in [-0.25, -0.2) is 4.98 Å². The highest BCUT2D eigenvalue weighted by Crippen LogP contribution is 2.29. The van der Waals surface area contributed by atoms with Crippen molar-refractivity contribution in [2.75, 3.05) is 50.9 Å². The van der Waals surface area contributed by atoms with Gasteiger partial charge in [-0.1, -0.05) is 53.8 Å². The molecule has 1 aliphatic rings. The molecule has 5 rings (SSSR count). The lowest BCUT2D eigenvalue weighted by atomic mass is 10.1. The summed E-state index contributed by atoms with van der Waals surface area (Å²) in [6.45, 7) is 4.56. The number of thiazole rings is 1. The lowest BCUT2D eigenvalue weighted by molar-refractivity contribution is -0.120. The summed E-state index contributed by atoms with van der Waals surface area (Å²) in [4.78, 5) is 22.1. The monoisotopic (exact) mass is 447 g/mol. The Morgan fingerprint density at radius 3 is 2.66 bits per heavy atom. The summed E-state index contributed by atoms with van der Waals surface area (Å²) in [7, 11) is 0. The molecule has 1 amide bonds. The summed E-state index contributed by atoms with van der Waals surface area (Å²) in [5.41, 5.74) is 0.909. The number of rotatable bonds is 7. The summed E-state index contributed by atoms with van der Waals surface area (Å²) < 4.78 is 12.4. The second kappa shape index (κ2) is 9.65. The van der Waals surface area contributed by atoms with Crippen molar-refractivity contribution in [3.05, 3.63) is 66.7 Å². The van der Waals surface area contributed by atoms with Gasteiger partial charge in [-0.2, -0.15) is 0 Å². The molecule has 164 valence electrons. The smallest absolute Gasteiger partial charge is 0.266 e. The van der Waals surface area contributed by atoms with E-state index in [1.54, 1.807) is 4.90 Å². The molecule has 0 radical (unpaired) electrons. The van der Waals surface area contributed by atoms with Crippen molar-refractivity contribution in [3.8, 4) is 5.75 Å². The highest BCUT2D eigenvalue weighted by Gasteiger charge is 2.22. The second-order valence-corrected chi connectivity index (χ2v) is 8.77. The number of ether oxygens (including phenoxy) is 2. The number of carbonyl (C=O) groups excluding carboxylic acids is 1. The third-order valence-corrected chi connectivity index (χ3v) is 6.70. The average molecular weight is 448 g/mol. The van der Waals surface area contributed by atoms with Gasteiger partial charge in [0, 0.05) is 26.2 Å². The van der Waals surface area contributed by atoms with Gasteiger partial charge in [0.2, 0.25) is 0 Å². The molecule has 0 unspecified atom stereocenters. The molecule has 6 nitrogen and oxygen atoms in total. The van der Waals surface area contributed by atoms with Crippen LogP contribution < -0.4 is 9.64 Å². The fourth-order valence-electron chi connectivity index (χ4n) is 3.85. The van der Waals surface area contributed by atoms with Gasteiger partial charge >= 0.3 is 0 Å². The number of amides is 1. The van der Waals surface area contributed by atoms with Crippen molar-refractivity contribution in [2.45, 2.75) is 0 Å². The van der Waals surface area contributed by atoms with Gasteiger partial charge in [-0.15, -0.1) is 0 Å². The Bertz CT molecular complexity index is 1190. The lowest BCUT2D eigenvalue weighted by Gasteiger charge is -2.29. The Labute approximate surface area is 191 Å². The number of aromatic nitrogens is 1. The van der Waals surface area contributed by atoms with Crippen LogP contribution in [0.2, 0.25) is 0 Å². The second-order valence-electron chi connectivity index (χ2n) is 7.76. The number of hydrogen-bond donors (Lipinski definition) is 0. The van der Waals surface area contributed by atoms with E-state index < -0.39 is 0 Å². The number of fused-ring (bicyclic) bond motifs is 2. The maximum atomic E-state index is 13.3. The molecule has 32 heavy (non-hydrogen) atoms. The molecule has 2 heterocycles. The highest BCUT2D eigenvalue weighted by molar-refractivity contribution is 7.22. The maximum Gasteiger partial charge on any atom is 0.266 e. The molecule has 1 fully saturated rings. The van der Waals surface area contributed by atoms with Gasteiger partial charge < -0.3 is 9.47 Å². The van der Waals surface area contributed by atoms with Crippen LogP contribution in [-0.4, -0.2) is 61.8 Å². The minimum Gasteiger partial charge on any atom is -0.484 e. The molecule has 0 atom stereocenters. The number of carbonyl (C=O) groups is 1. The largest absolute Gasteiger partial charge is 0.484 e. The van der Waals surface area contributed by atoms with Crippen molar-refractivity contribution in [1.82, 2.24) is 9.88 Å². The van der Waals surface area contributed by atoms with Gasteiger partial charge in [-0.05, 0) is 35.0 Å². The third kappa shape index (κ3) is 4.75.